The van der Waals surface area contributed by atoms with Gasteiger partial charge in [0.05, 0.1) is 0 Å². The van der Waals surface area contributed by atoms with E-state index in [0.29, 0.717) is 19.8 Å². The van der Waals surface area contributed by atoms with Gasteiger partial charge in [0.1, 0.15) is 0 Å². The summed E-state index contributed by atoms with van der Waals surface area (Å²) < 4.78 is 16.7. The summed E-state index contributed by atoms with van der Waals surface area (Å²) in [6.07, 6.45) is 3.51. The Hall–Kier alpha value is -0.423. The zero-order chi connectivity index (χ0) is 10.9. The van der Waals surface area contributed by atoms with Gasteiger partial charge in [-0.1, -0.05) is 18.7 Å². The van der Waals surface area contributed by atoms with E-state index in [2.05, 4.69) is 6.58 Å². The molecular formula is C10H20O3Si. The molecule has 0 aliphatic heterocycles. The molecule has 0 radical (unpaired) electrons. The van der Waals surface area contributed by atoms with Gasteiger partial charge in [0.25, 0.3) is 0 Å². The third-order valence-corrected chi connectivity index (χ3v) is 4.15. The Balaban J connectivity index is 4.52. The second-order valence-corrected chi connectivity index (χ2v) is 4.90. The Morgan fingerprint density at radius 2 is 1.43 bits per heavy atom. The summed E-state index contributed by atoms with van der Waals surface area (Å²) in [5.74, 6) is 0. The third kappa shape index (κ3) is 4.71. The molecule has 3 nitrogen and oxygen atoms in total. The molecule has 0 rings (SSSR count). The van der Waals surface area contributed by atoms with E-state index in [4.69, 9.17) is 13.3 Å². The van der Waals surface area contributed by atoms with E-state index in [9.17, 15) is 0 Å². The van der Waals surface area contributed by atoms with Crippen molar-refractivity contribution in [2.75, 3.05) is 19.8 Å². The van der Waals surface area contributed by atoms with Crippen LogP contribution in [0.4, 0.5) is 0 Å². The predicted octanol–water partition coefficient (Wildman–Crippen LogP) is 2.32. The molecule has 82 valence electrons. The minimum absolute atomic E-state index is 0.591. The Kier molecular flexibility index (Phi) is 7.69. The Morgan fingerprint density at radius 3 is 1.71 bits per heavy atom. The van der Waals surface area contributed by atoms with Crippen molar-refractivity contribution in [3.63, 3.8) is 0 Å². The van der Waals surface area contributed by atoms with Crippen molar-refractivity contribution in [1.82, 2.24) is 0 Å². The van der Waals surface area contributed by atoms with E-state index < -0.39 is 8.80 Å². The zero-order valence-electron chi connectivity index (χ0n) is 9.29. The monoisotopic (exact) mass is 216 g/mol. The third-order valence-electron chi connectivity index (χ3n) is 1.47. The van der Waals surface area contributed by atoms with Gasteiger partial charge in [0, 0.05) is 19.8 Å². The Bertz CT molecular complexity index is 163. The molecule has 0 aromatic carbocycles. The fourth-order valence-corrected chi connectivity index (χ4v) is 3.18. The average Bonchev–Trinajstić information content (AvgIpc) is 2.16. The maximum Gasteiger partial charge on any atom is 0.529 e. The fourth-order valence-electron chi connectivity index (χ4n) is 1.06. The maximum atomic E-state index is 5.57. The van der Waals surface area contributed by atoms with Crippen molar-refractivity contribution < 1.29 is 13.3 Å². The standard InChI is InChI=1S/C10H20O3Si/c1-5-9-10-14(11-6-2,12-7-3)13-8-4/h5,9-10H,1,6-8H2,2-4H3/b10-9+. The normalized spacial score (nSPS) is 12.2. The van der Waals surface area contributed by atoms with Gasteiger partial charge in [0.15, 0.2) is 0 Å². The highest BCUT2D eigenvalue weighted by atomic mass is 28.4. The van der Waals surface area contributed by atoms with Crippen molar-refractivity contribution in [2.24, 2.45) is 0 Å². The van der Waals surface area contributed by atoms with Gasteiger partial charge in [-0.15, -0.1) is 0 Å². The second-order valence-electron chi connectivity index (χ2n) is 2.50. The van der Waals surface area contributed by atoms with Crippen LogP contribution in [0.5, 0.6) is 0 Å². The van der Waals surface area contributed by atoms with Crippen LogP contribution in [0.25, 0.3) is 0 Å². The summed E-state index contributed by atoms with van der Waals surface area (Å²) in [6.45, 7) is 11.2. The summed E-state index contributed by atoms with van der Waals surface area (Å²) in [6, 6.07) is 0. The van der Waals surface area contributed by atoms with E-state index in [0.717, 1.165) is 0 Å². The lowest BCUT2D eigenvalue weighted by Crippen LogP contribution is -2.44. The SMILES string of the molecule is C=C/C=C/[Si](OCC)(OCC)OCC. The molecule has 0 N–H and O–H groups in total. The van der Waals surface area contributed by atoms with Crippen LogP contribution in [0.1, 0.15) is 20.8 Å². The fraction of sp³-hybridized carbons (Fsp3) is 0.600. The predicted molar refractivity (Wildman–Crippen MR) is 60.0 cm³/mol. The smallest absolute Gasteiger partial charge is 0.371 e. The summed E-state index contributed by atoms with van der Waals surface area (Å²) in [4.78, 5) is 0. The molecule has 0 spiro atoms. The molecule has 14 heavy (non-hydrogen) atoms. The van der Waals surface area contributed by atoms with Gasteiger partial charge < -0.3 is 13.3 Å². The lowest BCUT2D eigenvalue weighted by Gasteiger charge is -2.24. The van der Waals surface area contributed by atoms with E-state index in [1.54, 1.807) is 6.08 Å². The van der Waals surface area contributed by atoms with Gasteiger partial charge in [-0.25, -0.2) is 0 Å². The van der Waals surface area contributed by atoms with Gasteiger partial charge in [-0.05, 0) is 26.5 Å². The Labute approximate surface area is 87.7 Å². The lowest BCUT2D eigenvalue weighted by atomic mass is 10.6. The first-order valence-electron chi connectivity index (χ1n) is 4.96. The Morgan fingerprint density at radius 1 is 1.00 bits per heavy atom. The second kappa shape index (κ2) is 7.93. The van der Waals surface area contributed by atoms with Gasteiger partial charge in [0.2, 0.25) is 0 Å². The maximum absolute atomic E-state index is 5.57. The van der Waals surface area contributed by atoms with E-state index >= 15 is 0 Å². The molecule has 0 aliphatic rings. The van der Waals surface area contributed by atoms with Crippen molar-refractivity contribution >= 4 is 8.80 Å². The molecule has 0 saturated carbocycles. The molecule has 0 aromatic rings. The molecule has 0 aromatic heterocycles. The molecule has 0 saturated heterocycles. The molecule has 4 heteroatoms. The molecule has 0 heterocycles. The molecule has 0 unspecified atom stereocenters. The zero-order valence-corrected chi connectivity index (χ0v) is 10.3. The van der Waals surface area contributed by atoms with Crippen LogP contribution in [-0.4, -0.2) is 28.6 Å². The van der Waals surface area contributed by atoms with Crippen LogP contribution in [-0.2, 0) is 13.3 Å². The van der Waals surface area contributed by atoms with E-state index in [1.807, 2.05) is 32.5 Å². The van der Waals surface area contributed by atoms with E-state index in [1.165, 1.54) is 0 Å². The summed E-state index contributed by atoms with van der Waals surface area (Å²) in [5, 5.41) is 0. The summed E-state index contributed by atoms with van der Waals surface area (Å²) >= 11 is 0. The highest BCUT2D eigenvalue weighted by Gasteiger charge is 2.37. The highest BCUT2D eigenvalue weighted by Crippen LogP contribution is 2.11. The van der Waals surface area contributed by atoms with Crippen molar-refractivity contribution in [3.05, 3.63) is 24.4 Å². The van der Waals surface area contributed by atoms with Crippen LogP contribution in [0.3, 0.4) is 0 Å². The van der Waals surface area contributed by atoms with Crippen LogP contribution >= 0.6 is 0 Å². The minimum atomic E-state index is -2.57. The molecular weight excluding hydrogens is 196 g/mol. The molecule has 0 atom stereocenters. The topological polar surface area (TPSA) is 27.7 Å². The number of hydrogen-bond donors (Lipinski definition) is 0. The first kappa shape index (κ1) is 13.6. The minimum Gasteiger partial charge on any atom is -0.371 e. The van der Waals surface area contributed by atoms with Crippen LogP contribution in [0, 0.1) is 0 Å². The van der Waals surface area contributed by atoms with Crippen LogP contribution < -0.4 is 0 Å². The highest BCUT2D eigenvalue weighted by molar-refractivity contribution is 6.66. The van der Waals surface area contributed by atoms with Gasteiger partial charge in [-0.2, -0.15) is 0 Å². The van der Waals surface area contributed by atoms with Crippen LogP contribution in [0.2, 0.25) is 0 Å². The average molecular weight is 216 g/mol. The largest absolute Gasteiger partial charge is 0.529 e. The summed E-state index contributed by atoms with van der Waals surface area (Å²) in [7, 11) is -2.57. The molecule has 0 bridgehead atoms. The van der Waals surface area contributed by atoms with Crippen LogP contribution in [0.15, 0.2) is 24.4 Å². The molecule has 0 fully saturated rings. The first-order chi connectivity index (χ1) is 6.74. The van der Waals surface area contributed by atoms with Gasteiger partial charge in [-0.3, -0.25) is 0 Å². The number of rotatable bonds is 8. The van der Waals surface area contributed by atoms with Crippen molar-refractivity contribution in [1.29, 1.82) is 0 Å². The number of hydrogen-bond acceptors (Lipinski definition) is 3. The molecule has 0 aliphatic carbocycles. The quantitative estimate of drug-likeness (QED) is 0.460. The van der Waals surface area contributed by atoms with Crippen molar-refractivity contribution in [2.45, 2.75) is 20.8 Å². The molecule has 0 amide bonds. The van der Waals surface area contributed by atoms with E-state index in [-0.39, 0.29) is 0 Å². The number of allylic oxidation sites excluding steroid dienone is 2. The lowest BCUT2D eigenvalue weighted by molar-refractivity contribution is 0.0843. The van der Waals surface area contributed by atoms with Crippen molar-refractivity contribution in [3.8, 4) is 0 Å². The van der Waals surface area contributed by atoms with Gasteiger partial charge >= 0.3 is 8.80 Å². The first-order valence-corrected chi connectivity index (χ1v) is 6.77. The summed E-state index contributed by atoms with van der Waals surface area (Å²) in [5.41, 5.74) is 1.86.